The van der Waals surface area contributed by atoms with Gasteiger partial charge in [-0.15, -0.1) is 0 Å². The molecule has 2 unspecified atom stereocenters. The smallest absolute Gasteiger partial charge is 0.356 e. The molecule has 0 aromatic carbocycles. The summed E-state index contributed by atoms with van der Waals surface area (Å²) < 4.78 is 5.71. The predicted octanol–water partition coefficient (Wildman–Crippen LogP) is 2.87. The number of nitrogens with one attached hydrogen (secondary N) is 1. The second-order valence-corrected chi connectivity index (χ2v) is 6.55. The molecule has 2 fully saturated rings. The summed E-state index contributed by atoms with van der Waals surface area (Å²) in [5.41, 5.74) is 6.29. The Bertz CT molecular complexity index is 507. The zero-order valence-corrected chi connectivity index (χ0v) is 12.7. The molecular formula is C16H25N3O2. The summed E-state index contributed by atoms with van der Waals surface area (Å²) >= 11 is 0. The van der Waals surface area contributed by atoms with E-state index in [1.165, 1.54) is 6.42 Å². The molecule has 0 amide bonds. The van der Waals surface area contributed by atoms with Gasteiger partial charge in [0.05, 0.1) is 11.7 Å². The standard InChI is InChI=1S/C16H25N3O2/c1-2-11-6-3-4-7-13(11)21-14(20)12-10-18-15(19-12)16(17)8-5-9-16/h10-11,13H,2-9,17H2,1H3,(H,18,19). The number of imidazole rings is 1. The van der Waals surface area contributed by atoms with Crippen molar-refractivity contribution in [3.8, 4) is 0 Å². The van der Waals surface area contributed by atoms with Crippen LogP contribution in [0.3, 0.4) is 0 Å². The van der Waals surface area contributed by atoms with Gasteiger partial charge in [0.25, 0.3) is 0 Å². The minimum atomic E-state index is -0.366. The average Bonchev–Trinajstić information content (AvgIpc) is 2.95. The zero-order valence-electron chi connectivity index (χ0n) is 12.7. The van der Waals surface area contributed by atoms with Gasteiger partial charge in [-0.2, -0.15) is 0 Å². The molecule has 5 nitrogen and oxygen atoms in total. The van der Waals surface area contributed by atoms with E-state index >= 15 is 0 Å². The van der Waals surface area contributed by atoms with Crippen LogP contribution < -0.4 is 5.73 Å². The Balaban J connectivity index is 1.65. The number of H-pyrrole nitrogens is 1. The molecule has 2 saturated carbocycles. The summed E-state index contributed by atoms with van der Waals surface area (Å²) in [7, 11) is 0. The Hall–Kier alpha value is -1.36. The van der Waals surface area contributed by atoms with Gasteiger partial charge in [0.15, 0.2) is 0 Å². The number of nitrogens with two attached hydrogens (primary N) is 1. The van der Waals surface area contributed by atoms with Crippen LogP contribution in [0.1, 0.15) is 74.6 Å². The van der Waals surface area contributed by atoms with Gasteiger partial charge in [-0.3, -0.25) is 0 Å². The fourth-order valence-corrected chi connectivity index (χ4v) is 3.47. The van der Waals surface area contributed by atoms with Crippen LogP contribution in [0.2, 0.25) is 0 Å². The van der Waals surface area contributed by atoms with Crippen molar-refractivity contribution in [3.05, 3.63) is 17.7 Å². The highest BCUT2D eigenvalue weighted by atomic mass is 16.5. The maximum absolute atomic E-state index is 12.3. The van der Waals surface area contributed by atoms with Crippen LogP contribution in [0.15, 0.2) is 6.20 Å². The first kappa shape index (κ1) is 14.6. The predicted molar refractivity (Wildman–Crippen MR) is 79.8 cm³/mol. The van der Waals surface area contributed by atoms with Gasteiger partial charge in [-0.1, -0.05) is 13.3 Å². The van der Waals surface area contributed by atoms with E-state index in [0.717, 1.165) is 50.8 Å². The van der Waals surface area contributed by atoms with E-state index in [-0.39, 0.29) is 17.6 Å². The number of carbonyl (C=O) groups is 1. The topological polar surface area (TPSA) is 81.0 Å². The number of aromatic nitrogens is 2. The lowest BCUT2D eigenvalue weighted by atomic mass is 9.77. The molecule has 2 atom stereocenters. The fourth-order valence-electron chi connectivity index (χ4n) is 3.47. The molecule has 0 saturated heterocycles. The quantitative estimate of drug-likeness (QED) is 0.836. The number of hydrogen-bond donors (Lipinski definition) is 2. The lowest BCUT2D eigenvalue weighted by Gasteiger charge is -2.35. The molecule has 116 valence electrons. The van der Waals surface area contributed by atoms with Gasteiger partial charge >= 0.3 is 5.97 Å². The highest BCUT2D eigenvalue weighted by Gasteiger charge is 2.37. The van der Waals surface area contributed by atoms with Crippen LogP contribution in [0.5, 0.6) is 0 Å². The van der Waals surface area contributed by atoms with E-state index in [1.54, 1.807) is 6.20 Å². The van der Waals surface area contributed by atoms with Gasteiger partial charge in [-0.05, 0) is 50.9 Å². The van der Waals surface area contributed by atoms with Crippen molar-refractivity contribution < 1.29 is 9.53 Å². The van der Waals surface area contributed by atoms with Gasteiger partial charge < -0.3 is 15.5 Å². The normalized spacial score (nSPS) is 27.9. The Morgan fingerprint density at radius 2 is 2.19 bits per heavy atom. The summed E-state index contributed by atoms with van der Waals surface area (Å²) in [6, 6.07) is 0. The third-order valence-electron chi connectivity index (χ3n) is 5.14. The molecule has 3 N–H and O–H groups in total. The molecule has 1 aromatic heterocycles. The minimum Gasteiger partial charge on any atom is -0.457 e. The Labute approximate surface area is 125 Å². The Morgan fingerprint density at radius 1 is 1.43 bits per heavy atom. The van der Waals surface area contributed by atoms with Crippen LogP contribution in [-0.2, 0) is 10.3 Å². The van der Waals surface area contributed by atoms with Crippen LogP contribution in [0, 0.1) is 5.92 Å². The number of esters is 1. The van der Waals surface area contributed by atoms with Crippen molar-refractivity contribution in [1.82, 2.24) is 9.97 Å². The molecule has 0 aliphatic heterocycles. The zero-order chi connectivity index (χ0) is 14.9. The number of ether oxygens (including phenoxy) is 1. The first-order valence-electron chi connectivity index (χ1n) is 8.18. The number of nitrogens with zero attached hydrogens (tertiary/aromatic N) is 1. The van der Waals surface area contributed by atoms with Crippen molar-refractivity contribution in [2.45, 2.75) is 69.9 Å². The van der Waals surface area contributed by atoms with Crippen LogP contribution >= 0.6 is 0 Å². The van der Waals surface area contributed by atoms with Gasteiger partial charge in [0.1, 0.15) is 17.6 Å². The summed E-state index contributed by atoms with van der Waals surface area (Å²) in [6.07, 6.45) is 10.2. The minimum absolute atomic E-state index is 0.0542. The lowest BCUT2D eigenvalue weighted by Crippen LogP contribution is -2.44. The SMILES string of the molecule is CCC1CCCCC1OC(=O)c1cnc(C2(N)CCC2)[nH]1. The highest BCUT2D eigenvalue weighted by molar-refractivity contribution is 5.87. The van der Waals surface area contributed by atoms with E-state index in [4.69, 9.17) is 10.5 Å². The molecule has 1 heterocycles. The molecule has 1 aromatic rings. The van der Waals surface area contributed by atoms with Crippen molar-refractivity contribution >= 4 is 5.97 Å². The van der Waals surface area contributed by atoms with Gasteiger partial charge in [0.2, 0.25) is 0 Å². The van der Waals surface area contributed by atoms with E-state index < -0.39 is 0 Å². The third-order valence-corrected chi connectivity index (χ3v) is 5.14. The first-order chi connectivity index (χ1) is 10.1. The number of hydrogen-bond acceptors (Lipinski definition) is 4. The molecule has 21 heavy (non-hydrogen) atoms. The number of aromatic amines is 1. The van der Waals surface area contributed by atoms with E-state index in [1.807, 2.05) is 0 Å². The van der Waals surface area contributed by atoms with Gasteiger partial charge in [0, 0.05) is 0 Å². The fraction of sp³-hybridized carbons (Fsp3) is 0.750. The second kappa shape index (κ2) is 5.79. The highest BCUT2D eigenvalue weighted by Crippen LogP contribution is 2.37. The monoisotopic (exact) mass is 291 g/mol. The van der Waals surface area contributed by atoms with E-state index in [9.17, 15) is 4.79 Å². The molecule has 5 heteroatoms. The summed E-state index contributed by atoms with van der Waals surface area (Å²) in [5, 5.41) is 0. The largest absolute Gasteiger partial charge is 0.457 e. The summed E-state index contributed by atoms with van der Waals surface area (Å²) in [6.45, 7) is 2.17. The van der Waals surface area contributed by atoms with Crippen LogP contribution in [-0.4, -0.2) is 22.0 Å². The van der Waals surface area contributed by atoms with Crippen LogP contribution in [0.4, 0.5) is 0 Å². The second-order valence-electron chi connectivity index (χ2n) is 6.55. The third kappa shape index (κ3) is 2.84. The maximum atomic E-state index is 12.3. The number of carbonyl (C=O) groups excluding carboxylic acids is 1. The average molecular weight is 291 g/mol. The molecule has 2 aliphatic carbocycles. The lowest BCUT2D eigenvalue weighted by molar-refractivity contribution is 0.000134. The van der Waals surface area contributed by atoms with Crippen molar-refractivity contribution in [1.29, 1.82) is 0 Å². The maximum Gasteiger partial charge on any atom is 0.356 e. The Kier molecular flexibility index (Phi) is 4.02. The van der Waals surface area contributed by atoms with Crippen molar-refractivity contribution in [2.24, 2.45) is 11.7 Å². The van der Waals surface area contributed by atoms with Crippen molar-refractivity contribution in [3.63, 3.8) is 0 Å². The molecular weight excluding hydrogens is 266 g/mol. The van der Waals surface area contributed by atoms with Crippen LogP contribution in [0.25, 0.3) is 0 Å². The molecule has 3 rings (SSSR count). The molecule has 0 bridgehead atoms. The van der Waals surface area contributed by atoms with Crippen molar-refractivity contribution in [2.75, 3.05) is 0 Å². The summed E-state index contributed by atoms with van der Waals surface area (Å²) in [4.78, 5) is 19.6. The van der Waals surface area contributed by atoms with E-state index in [2.05, 4.69) is 16.9 Å². The number of rotatable bonds is 4. The molecule has 2 aliphatic rings. The van der Waals surface area contributed by atoms with Gasteiger partial charge in [-0.25, -0.2) is 9.78 Å². The summed E-state index contributed by atoms with van der Waals surface area (Å²) in [5.74, 6) is 0.927. The molecule has 0 radical (unpaired) electrons. The first-order valence-corrected chi connectivity index (χ1v) is 8.18. The molecule has 0 spiro atoms. The van der Waals surface area contributed by atoms with E-state index in [0.29, 0.717) is 11.6 Å². The Morgan fingerprint density at radius 3 is 2.86 bits per heavy atom.